The fraction of sp³-hybridized carbons (Fsp3) is 0.529. The molecule has 1 aromatic carbocycles. The van der Waals surface area contributed by atoms with Crippen LogP contribution in [-0.4, -0.2) is 28.5 Å². The van der Waals surface area contributed by atoms with E-state index in [0.29, 0.717) is 22.8 Å². The fourth-order valence-corrected chi connectivity index (χ4v) is 4.14. The van der Waals surface area contributed by atoms with Crippen LogP contribution in [0.4, 0.5) is 5.95 Å². The van der Waals surface area contributed by atoms with Crippen LogP contribution in [0.25, 0.3) is 11.0 Å². The molecule has 2 atom stereocenters. The Hall–Kier alpha value is -1.59. The number of para-hydroxylation sites is 1. The van der Waals surface area contributed by atoms with Gasteiger partial charge >= 0.3 is 0 Å². The number of carbonyl (C=O) groups is 1. The van der Waals surface area contributed by atoms with E-state index in [2.05, 4.69) is 15.6 Å². The maximum Gasteiger partial charge on any atom is 0.230 e. The lowest BCUT2D eigenvalue weighted by atomic mass is 9.92. The Morgan fingerprint density at radius 3 is 2.91 bits per heavy atom. The lowest BCUT2D eigenvalue weighted by Gasteiger charge is -2.22. The summed E-state index contributed by atoms with van der Waals surface area (Å²) in [6, 6.07) is 5.62. The second-order valence-electron chi connectivity index (χ2n) is 6.68. The lowest BCUT2D eigenvalue weighted by molar-refractivity contribution is -0.117. The van der Waals surface area contributed by atoms with Crippen molar-refractivity contribution in [2.24, 2.45) is 24.8 Å². The highest BCUT2D eigenvalue weighted by molar-refractivity contribution is 6.35. The van der Waals surface area contributed by atoms with E-state index >= 15 is 0 Å². The molecule has 122 valence electrons. The van der Waals surface area contributed by atoms with E-state index in [-0.39, 0.29) is 11.8 Å². The number of rotatable bonds is 3. The van der Waals surface area contributed by atoms with Gasteiger partial charge in [-0.15, -0.1) is 0 Å². The summed E-state index contributed by atoms with van der Waals surface area (Å²) in [4.78, 5) is 17.0. The van der Waals surface area contributed by atoms with Crippen molar-refractivity contribution in [3.8, 4) is 0 Å². The normalized spacial score (nSPS) is 24.8. The van der Waals surface area contributed by atoms with Gasteiger partial charge in [0.1, 0.15) is 0 Å². The molecule has 0 unspecified atom stereocenters. The monoisotopic (exact) mass is 332 g/mol. The quantitative estimate of drug-likeness (QED) is 0.908. The summed E-state index contributed by atoms with van der Waals surface area (Å²) in [6.45, 7) is 2.16. The SMILES string of the molecule is Cn1c(NC(=O)[C@@H]2C[C@H]2C2CCNCC2)nc2cccc(Cl)c21. The maximum atomic E-state index is 12.5. The Kier molecular flexibility index (Phi) is 3.77. The predicted molar refractivity (Wildman–Crippen MR) is 91.5 cm³/mol. The first-order valence-electron chi connectivity index (χ1n) is 8.27. The minimum absolute atomic E-state index is 0.100. The number of aryl methyl sites for hydroxylation is 1. The standard InChI is InChI=1S/C17H21ClN4O/c1-22-15-13(18)3-2-4-14(15)20-17(22)21-16(23)12-9-11(12)10-5-7-19-8-6-10/h2-4,10-12,19H,5-9H2,1H3,(H,20,21,23)/t11-,12+/m0/s1. The third-order valence-electron chi connectivity index (χ3n) is 5.25. The van der Waals surface area contributed by atoms with Crippen molar-refractivity contribution >= 4 is 34.5 Å². The van der Waals surface area contributed by atoms with E-state index in [1.54, 1.807) is 0 Å². The highest BCUT2D eigenvalue weighted by Gasteiger charge is 2.47. The number of nitrogens with zero attached hydrogens (tertiary/aromatic N) is 2. The van der Waals surface area contributed by atoms with Crippen LogP contribution in [0.2, 0.25) is 5.02 Å². The smallest absolute Gasteiger partial charge is 0.230 e. The van der Waals surface area contributed by atoms with Crippen LogP contribution in [0, 0.1) is 17.8 Å². The molecule has 1 aromatic heterocycles. The first kappa shape index (κ1) is 15.0. The molecule has 1 saturated heterocycles. The summed E-state index contributed by atoms with van der Waals surface area (Å²) in [6.07, 6.45) is 3.40. The van der Waals surface area contributed by atoms with E-state index in [9.17, 15) is 4.79 Å². The predicted octanol–water partition coefficient (Wildman–Crippen LogP) is 2.80. The summed E-state index contributed by atoms with van der Waals surface area (Å²) in [5, 5.41) is 7.03. The molecule has 1 amide bonds. The molecule has 0 radical (unpaired) electrons. The number of anilines is 1. The van der Waals surface area contributed by atoms with Gasteiger partial charge in [0.25, 0.3) is 0 Å². The highest BCUT2D eigenvalue weighted by atomic mass is 35.5. The molecular weight excluding hydrogens is 312 g/mol. The summed E-state index contributed by atoms with van der Waals surface area (Å²) in [7, 11) is 1.88. The van der Waals surface area contributed by atoms with Gasteiger partial charge in [-0.2, -0.15) is 0 Å². The van der Waals surface area contributed by atoms with Crippen LogP contribution < -0.4 is 10.6 Å². The van der Waals surface area contributed by atoms with Crippen LogP contribution in [0.3, 0.4) is 0 Å². The van der Waals surface area contributed by atoms with Crippen LogP contribution in [0.5, 0.6) is 0 Å². The van der Waals surface area contributed by atoms with E-state index in [0.717, 1.165) is 30.5 Å². The van der Waals surface area contributed by atoms with Gasteiger partial charge in [0, 0.05) is 13.0 Å². The van der Waals surface area contributed by atoms with Crippen LogP contribution in [-0.2, 0) is 11.8 Å². The van der Waals surface area contributed by atoms with E-state index < -0.39 is 0 Å². The van der Waals surface area contributed by atoms with E-state index in [1.165, 1.54) is 12.8 Å². The summed E-state index contributed by atoms with van der Waals surface area (Å²) in [5.74, 6) is 2.07. The first-order chi connectivity index (χ1) is 11.1. The molecule has 0 spiro atoms. The zero-order valence-corrected chi connectivity index (χ0v) is 13.9. The molecule has 2 N–H and O–H groups in total. The van der Waals surface area contributed by atoms with Crippen LogP contribution in [0.15, 0.2) is 18.2 Å². The Bertz CT molecular complexity index is 750. The molecule has 23 heavy (non-hydrogen) atoms. The number of nitrogens with one attached hydrogen (secondary N) is 2. The molecular formula is C17H21ClN4O. The minimum atomic E-state index is 0.100. The average Bonchev–Trinajstić information content (AvgIpc) is 3.29. The van der Waals surface area contributed by atoms with Gasteiger partial charge in [-0.05, 0) is 56.3 Å². The van der Waals surface area contributed by atoms with Crippen LogP contribution in [0.1, 0.15) is 19.3 Å². The van der Waals surface area contributed by atoms with Crippen molar-refractivity contribution in [1.82, 2.24) is 14.9 Å². The van der Waals surface area contributed by atoms with Crippen molar-refractivity contribution < 1.29 is 4.79 Å². The minimum Gasteiger partial charge on any atom is -0.317 e. The Morgan fingerprint density at radius 1 is 1.39 bits per heavy atom. The molecule has 2 fully saturated rings. The van der Waals surface area contributed by atoms with Crippen molar-refractivity contribution in [3.05, 3.63) is 23.2 Å². The summed E-state index contributed by atoms with van der Waals surface area (Å²) in [5.41, 5.74) is 1.66. The Morgan fingerprint density at radius 2 is 2.17 bits per heavy atom. The molecule has 1 aliphatic heterocycles. The van der Waals surface area contributed by atoms with Gasteiger partial charge in [-0.1, -0.05) is 17.7 Å². The topological polar surface area (TPSA) is 59.0 Å². The zero-order valence-electron chi connectivity index (χ0n) is 13.2. The largest absolute Gasteiger partial charge is 0.317 e. The molecule has 1 saturated carbocycles. The number of hydrogen-bond donors (Lipinski definition) is 2. The van der Waals surface area contributed by atoms with Crippen molar-refractivity contribution in [3.63, 3.8) is 0 Å². The molecule has 2 aliphatic rings. The van der Waals surface area contributed by atoms with E-state index in [4.69, 9.17) is 11.6 Å². The number of piperidine rings is 1. The zero-order chi connectivity index (χ0) is 16.0. The maximum absolute atomic E-state index is 12.5. The van der Waals surface area contributed by atoms with Gasteiger partial charge < -0.3 is 9.88 Å². The average molecular weight is 333 g/mol. The van der Waals surface area contributed by atoms with Gasteiger partial charge in [0.2, 0.25) is 11.9 Å². The number of imidazole rings is 1. The number of hydrogen-bond acceptors (Lipinski definition) is 3. The van der Waals surface area contributed by atoms with Gasteiger partial charge in [-0.25, -0.2) is 4.98 Å². The molecule has 5 nitrogen and oxygen atoms in total. The number of benzene rings is 1. The Balaban J connectivity index is 1.47. The van der Waals surface area contributed by atoms with Crippen molar-refractivity contribution in [1.29, 1.82) is 0 Å². The lowest BCUT2D eigenvalue weighted by Crippen LogP contribution is -2.29. The Labute approximate surface area is 140 Å². The number of amides is 1. The first-order valence-corrected chi connectivity index (χ1v) is 8.65. The third kappa shape index (κ3) is 2.72. The van der Waals surface area contributed by atoms with E-state index in [1.807, 2.05) is 29.8 Å². The fourth-order valence-electron chi connectivity index (χ4n) is 3.85. The molecule has 0 bridgehead atoms. The number of aromatic nitrogens is 2. The molecule has 2 aromatic rings. The number of halogens is 1. The molecule has 1 aliphatic carbocycles. The van der Waals surface area contributed by atoms with Gasteiger partial charge in [-0.3, -0.25) is 10.1 Å². The number of carbonyl (C=O) groups excluding carboxylic acids is 1. The molecule has 2 heterocycles. The van der Waals surface area contributed by atoms with Gasteiger partial charge in [0.05, 0.1) is 16.1 Å². The number of fused-ring (bicyclic) bond motifs is 1. The second kappa shape index (κ2) is 5.80. The van der Waals surface area contributed by atoms with Crippen molar-refractivity contribution in [2.45, 2.75) is 19.3 Å². The second-order valence-corrected chi connectivity index (χ2v) is 7.09. The highest BCUT2D eigenvalue weighted by Crippen LogP contribution is 2.47. The summed E-state index contributed by atoms with van der Waals surface area (Å²) < 4.78 is 1.86. The summed E-state index contributed by atoms with van der Waals surface area (Å²) >= 11 is 6.23. The molecule has 4 rings (SSSR count). The molecule has 6 heteroatoms. The van der Waals surface area contributed by atoms with Crippen molar-refractivity contribution in [2.75, 3.05) is 18.4 Å². The van der Waals surface area contributed by atoms with Crippen LogP contribution >= 0.6 is 11.6 Å². The van der Waals surface area contributed by atoms with Gasteiger partial charge in [0.15, 0.2) is 0 Å². The third-order valence-corrected chi connectivity index (χ3v) is 5.55.